The molecule has 0 aliphatic carbocycles. The predicted molar refractivity (Wildman–Crippen MR) is 128 cm³/mol. The molecular weight excluding hydrogens is 544 g/mol. The van der Waals surface area contributed by atoms with E-state index in [-0.39, 0.29) is 61.4 Å². The molecule has 2 rings (SSSR count). The number of alkyl halides is 3. The fourth-order valence-corrected chi connectivity index (χ4v) is 4.38. The molecule has 178 valence electrons. The first kappa shape index (κ1) is 28.0. The van der Waals surface area contributed by atoms with Crippen LogP contribution >= 0.6 is 24.0 Å². The van der Waals surface area contributed by atoms with Gasteiger partial charge < -0.3 is 10.6 Å². The van der Waals surface area contributed by atoms with Gasteiger partial charge in [0.15, 0.2) is 5.96 Å². The van der Waals surface area contributed by atoms with Crippen molar-refractivity contribution < 1.29 is 21.6 Å². The third kappa shape index (κ3) is 8.41. The SMILES string of the molecule is CCNC(=NCC(C)(C)Cc1ccccc1)NC1CCN(S(=O)(=O)C(F)(F)F)CC1.I. The number of guanidine groups is 1. The van der Waals surface area contributed by atoms with Gasteiger partial charge in [0.1, 0.15) is 0 Å². The van der Waals surface area contributed by atoms with E-state index in [2.05, 4.69) is 41.6 Å². The molecule has 0 bridgehead atoms. The highest BCUT2D eigenvalue weighted by atomic mass is 127. The molecule has 11 heteroatoms. The van der Waals surface area contributed by atoms with Crippen molar-refractivity contribution in [3.8, 4) is 0 Å². The molecule has 0 unspecified atom stereocenters. The molecule has 0 radical (unpaired) electrons. The molecule has 0 spiro atoms. The molecule has 1 aliphatic rings. The van der Waals surface area contributed by atoms with Crippen LogP contribution in [0.2, 0.25) is 0 Å². The van der Waals surface area contributed by atoms with Crippen molar-refractivity contribution in [2.45, 2.75) is 51.6 Å². The van der Waals surface area contributed by atoms with E-state index in [0.29, 0.717) is 23.4 Å². The van der Waals surface area contributed by atoms with E-state index in [1.54, 1.807) is 0 Å². The second kappa shape index (κ2) is 11.7. The quantitative estimate of drug-likeness (QED) is 0.295. The second-order valence-corrected chi connectivity index (χ2v) is 10.2. The second-order valence-electron chi connectivity index (χ2n) is 8.29. The minimum atomic E-state index is -5.26. The largest absolute Gasteiger partial charge is 0.511 e. The summed E-state index contributed by atoms with van der Waals surface area (Å²) in [6, 6.07) is 10.0. The molecule has 0 amide bonds. The van der Waals surface area contributed by atoms with Crippen molar-refractivity contribution in [2.75, 3.05) is 26.2 Å². The van der Waals surface area contributed by atoms with Gasteiger partial charge in [-0.2, -0.15) is 17.5 Å². The van der Waals surface area contributed by atoms with E-state index in [4.69, 9.17) is 0 Å². The van der Waals surface area contributed by atoms with Gasteiger partial charge in [-0.05, 0) is 37.2 Å². The molecule has 1 saturated heterocycles. The molecule has 1 fully saturated rings. The number of hydrogen-bond donors (Lipinski definition) is 2. The van der Waals surface area contributed by atoms with Crippen LogP contribution in [0, 0.1) is 5.41 Å². The molecular formula is C20H32F3IN4O2S. The molecule has 1 aliphatic heterocycles. The summed E-state index contributed by atoms with van der Waals surface area (Å²) in [5.74, 6) is 0.593. The topological polar surface area (TPSA) is 73.8 Å². The van der Waals surface area contributed by atoms with Gasteiger partial charge in [0.05, 0.1) is 0 Å². The maximum atomic E-state index is 12.7. The standard InChI is InChI=1S/C20H31F3N4O2S.HI/c1-4-24-18(25-15-19(2,3)14-16-8-6-5-7-9-16)26-17-10-12-27(13-11-17)30(28,29)20(21,22)23;/h5-9,17H,4,10-15H2,1-3H3,(H2,24,25,26);1H. The fraction of sp³-hybridized carbons (Fsp3) is 0.650. The predicted octanol–water partition coefficient (Wildman–Crippen LogP) is 3.74. The Kier molecular flexibility index (Phi) is 10.5. The molecule has 31 heavy (non-hydrogen) atoms. The Hall–Kier alpha value is -1.08. The Morgan fingerprint density at radius 1 is 1.16 bits per heavy atom. The molecule has 0 saturated carbocycles. The van der Waals surface area contributed by atoms with Crippen molar-refractivity contribution in [1.82, 2.24) is 14.9 Å². The maximum Gasteiger partial charge on any atom is 0.511 e. The van der Waals surface area contributed by atoms with Gasteiger partial charge in [0, 0.05) is 32.2 Å². The molecule has 6 nitrogen and oxygen atoms in total. The summed E-state index contributed by atoms with van der Waals surface area (Å²) in [6.45, 7) is 7.08. The number of nitrogens with zero attached hydrogens (tertiary/aromatic N) is 2. The Morgan fingerprint density at radius 2 is 1.74 bits per heavy atom. The molecule has 2 N–H and O–H groups in total. The zero-order chi connectivity index (χ0) is 22.4. The third-order valence-corrected chi connectivity index (χ3v) is 6.59. The van der Waals surface area contributed by atoms with Crippen molar-refractivity contribution in [3.05, 3.63) is 35.9 Å². The summed E-state index contributed by atoms with van der Waals surface area (Å²) in [6.07, 6.45) is 1.44. The van der Waals surface area contributed by atoms with Crippen molar-refractivity contribution in [3.63, 3.8) is 0 Å². The first-order valence-electron chi connectivity index (χ1n) is 10.1. The molecule has 1 aromatic rings. The highest BCUT2D eigenvalue weighted by Gasteiger charge is 2.50. The van der Waals surface area contributed by atoms with Crippen LogP contribution in [0.15, 0.2) is 35.3 Å². The average molecular weight is 576 g/mol. The van der Waals surface area contributed by atoms with Gasteiger partial charge in [0.2, 0.25) is 0 Å². The van der Waals surface area contributed by atoms with E-state index in [0.717, 1.165) is 6.42 Å². The van der Waals surface area contributed by atoms with E-state index >= 15 is 0 Å². The number of benzene rings is 1. The van der Waals surface area contributed by atoms with Crippen LogP contribution in [0.25, 0.3) is 0 Å². The third-order valence-electron chi connectivity index (χ3n) is 4.96. The minimum absolute atomic E-state index is 0. The van der Waals surface area contributed by atoms with Gasteiger partial charge in [-0.3, -0.25) is 4.99 Å². The van der Waals surface area contributed by atoms with Crippen LogP contribution in [0.5, 0.6) is 0 Å². The van der Waals surface area contributed by atoms with Gasteiger partial charge in [0.25, 0.3) is 0 Å². The number of piperidine rings is 1. The van der Waals surface area contributed by atoms with E-state index in [1.165, 1.54) is 5.56 Å². The van der Waals surface area contributed by atoms with Gasteiger partial charge in [-0.25, -0.2) is 8.42 Å². The summed E-state index contributed by atoms with van der Waals surface area (Å²) in [5.41, 5.74) is -4.10. The Labute approximate surface area is 200 Å². The zero-order valence-corrected chi connectivity index (χ0v) is 21.2. The van der Waals surface area contributed by atoms with E-state index in [1.807, 2.05) is 25.1 Å². The molecule has 1 aromatic carbocycles. The maximum absolute atomic E-state index is 12.7. The monoisotopic (exact) mass is 576 g/mol. The number of sulfonamides is 1. The summed E-state index contributed by atoms with van der Waals surface area (Å²) in [7, 11) is -5.26. The van der Waals surface area contributed by atoms with Gasteiger partial charge in [-0.1, -0.05) is 44.2 Å². The Morgan fingerprint density at radius 3 is 2.26 bits per heavy atom. The van der Waals surface area contributed by atoms with Crippen molar-refractivity contribution >= 4 is 40.0 Å². The lowest BCUT2D eigenvalue weighted by Crippen LogP contribution is -2.51. The summed E-state index contributed by atoms with van der Waals surface area (Å²) in [5, 5.41) is 6.40. The van der Waals surface area contributed by atoms with E-state index in [9.17, 15) is 21.6 Å². The Bertz CT molecular complexity index is 809. The normalized spacial score (nSPS) is 17.2. The number of hydrogen-bond acceptors (Lipinski definition) is 3. The average Bonchev–Trinajstić information content (AvgIpc) is 2.66. The van der Waals surface area contributed by atoms with Crippen molar-refractivity contribution in [2.24, 2.45) is 10.4 Å². The molecule has 0 atom stereocenters. The molecule has 0 aromatic heterocycles. The molecule has 1 heterocycles. The van der Waals surface area contributed by atoms with Crippen LogP contribution in [0.4, 0.5) is 13.2 Å². The first-order valence-corrected chi connectivity index (χ1v) is 11.5. The number of nitrogens with one attached hydrogen (secondary N) is 2. The fourth-order valence-electron chi connectivity index (χ4n) is 3.40. The zero-order valence-electron chi connectivity index (χ0n) is 18.1. The van der Waals surface area contributed by atoms with E-state index < -0.39 is 15.5 Å². The lowest BCUT2D eigenvalue weighted by atomic mass is 9.86. The summed E-state index contributed by atoms with van der Waals surface area (Å²) < 4.78 is 61.8. The van der Waals surface area contributed by atoms with Crippen LogP contribution in [0.3, 0.4) is 0 Å². The summed E-state index contributed by atoms with van der Waals surface area (Å²) >= 11 is 0. The first-order chi connectivity index (χ1) is 13.9. The number of aliphatic imine (C=N–C) groups is 1. The van der Waals surface area contributed by atoms with Crippen LogP contribution < -0.4 is 10.6 Å². The lowest BCUT2D eigenvalue weighted by molar-refractivity contribution is -0.0494. The van der Waals surface area contributed by atoms with Crippen LogP contribution in [-0.2, 0) is 16.4 Å². The summed E-state index contributed by atoms with van der Waals surface area (Å²) in [4.78, 5) is 4.67. The van der Waals surface area contributed by atoms with Gasteiger partial charge >= 0.3 is 15.5 Å². The van der Waals surface area contributed by atoms with Crippen LogP contribution in [0.1, 0.15) is 39.2 Å². The van der Waals surface area contributed by atoms with Gasteiger partial charge in [-0.15, -0.1) is 24.0 Å². The Balaban J connectivity index is 0.00000480. The smallest absolute Gasteiger partial charge is 0.357 e. The highest BCUT2D eigenvalue weighted by molar-refractivity contribution is 14.0. The number of rotatable bonds is 7. The van der Waals surface area contributed by atoms with Crippen molar-refractivity contribution in [1.29, 1.82) is 0 Å². The van der Waals surface area contributed by atoms with Crippen LogP contribution in [-0.4, -0.2) is 56.4 Å². The number of halogens is 4. The lowest BCUT2D eigenvalue weighted by Gasteiger charge is -2.32. The highest BCUT2D eigenvalue weighted by Crippen LogP contribution is 2.29. The minimum Gasteiger partial charge on any atom is -0.357 e.